The van der Waals surface area contributed by atoms with Crippen molar-refractivity contribution in [1.82, 2.24) is 13.7 Å². The molecule has 0 aliphatic rings. The Morgan fingerprint density at radius 3 is 2.75 bits per heavy atom. The first-order chi connectivity index (χ1) is 11.3. The summed E-state index contributed by atoms with van der Waals surface area (Å²) in [5.41, 5.74) is 4.67. The molecule has 0 aliphatic heterocycles. The van der Waals surface area contributed by atoms with Crippen LogP contribution in [0.4, 0.5) is 10.8 Å². The largest absolute Gasteiger partial charge is 0.495 e. The van der Waals surface area contributed by atoms with Gasteiger partial charge in [0.15, 0.2) is 5.13 Å². The minimum atomic E-state index is 0. The topological polar surface area (TPSA) is 59.9 Å². The lowest BCUT2D eigenvalue weighted by Crippen LogP contribution is -1.93. The predicted molar refractivity (Wildman–Crippen MR) is 102 cm³/mol. The van der Waals surface area contributed by atoms with E-state index in [9.17, 15) is 0 Å². The number of fused-ring (bicyclic) bond motifs is 1. The van der Waals surface area contributed by atoms with Gasteiger partial charge in [-0.2, -0.15) is 8.75 Å². The van der Waals surface area contributed by atoms with E-state index in [0.717, 1.165) is 38.9 Å². The van der Waals surface area contributed by atoms with Crippen molar-refractivity contribution in [1.29, 1.82) is 0 Å². The number of nitrogens with zero attached hydrogens (tertiary/aromatic N) is 3. The van der Waals surface area contributed by atoms with Crippen LogP contribution in [0.5, 0.6) is 5.75 Å². The number of methoxy groups -OCH3 is 1. The fourth-order valence-electron chi connectivity index (χ4n) is 2.27. The minimum Gasteiger partial charge on any atom is -0.495 e. The fourth-order valence-corrected chi connectivity index (χ4v) is 3.52. The molecule has 122 valence electrons. The third kappa shape index (κ3) is 3.19. The lowest BCUT2D eigenvalue weighted by Gasteiger charge is -2.08. The molecule has 0 unspecified atom stereocenters. The molecule has 0 bridgehead atoms. The molecule has 1 N–H and O–H groups in total. The van der Waals surface area contributed by atoms with Gasteiger partial charge in [-0.3, -0.25) is 0 Å². The molecule has 8 heteroatoms. The van der Waals surface area contributed by atoms with Crippen LogP contribution in [0, 0.1) is 0 Å². The maximum Gasteiger partial charge on any atom is 0.187 e. The highest BCUT2D eigenvalue weighted by atomic mass is 35.5. The molecule has 0 atom stereocenters. The van der Waals surface area contributed by atoms with Gasteiger partial charge in [-0.05, 0) is 24.3 Å². The molecule has 4 aromatic rings. The van der Waals surface area contributed by atoms with Crippen LogP contribution < -0.4 is 10.1 Å². The van der Waals surface area contributed by atoms with Crippen LogP contribution in [-0.4, -0.2) is 20.8 Å². The average Bonchev–Trinajstić information content (AvgIpc) is 3.23. The minimum absolute atomic E-state index is 0. The highest BCUT2D eigenvalue weighted by Crippen LogP contribution is 2.31. The summed E-state index contributed by atoms with van der Waals surface area (Å²) in [6, 6.07) is 13.8. The Bertz CT molecular complexity index is 969. The molecule has 0 radical (unpaired) electrons. The van der Waals surface area contributed by atoms with Crippen LogP contribution in [0.1, 0.15) is 0 Å². The van der Waals surface area contributed by atoms with Crippen molar-refractivity contribution in [3.63, 3.8) is 0 Å². The zero-order chi connectivity index (χ0) is 15.6. The molecule has 2 heterocycles. The van der Waals surface area contributed by atoms with Gasteiger partial charge in [0.05, 0.1) is 30.2 Å². The summed E-state index contributed by atoms with van der Waals surface area (Å²) >= 11 is 2.78. The lowest BCUT2D eigenvalue weighted by molar-refractivity contribution is 0.417. The quantitative estimate of drug-likeness (QED) is 0.543. The molecule has 5 nitrogen and oxygen atoms in total. The molecule has 0 spiro atoms. The van der Waals surface area contributed by atoms with Gasteiger partial charge in [-0.25, -0.2) is 4.98 Å². The van der Waals surface area contributed by atoms with Gasteiger partial charge in [0, 0.05) is 10.9 Å². The van der Waals surface area contributed by atoms with Crippen LogP contribution in [0.2, 0.25) is 0 Å². The summed E-state index contributed by atoms with van der Waals surface area (Å²) in [6.07, 6.45) is 0. The molecule has 0 fully saturated rings. The SMILES string of the molecule is COc1ccccc1Nc1nc(-c2ccc3nsnc3c2)cs1.Cl. The van der Waals surface area contributed by atoms with Crippen molar-refractivity contribution in [2.75, 3.05) is 12.4 Å². The van der Waals surface area contributed by atoms with Crippen LogP contribution in [0.25, 0.3) is 22.3 Å². The number of thiazole rings is 1. The van der Waals surface area contributed by atoms with Crippen LogP contribution in [-0.2, 0) is 0 Å². The number of hydrogen-bond acceptors (Lipinski definition) is 7. The second-order valence-corrected chi connectivity index (χ2v) is 6.22. The molecule has 0 amide bonds. The summed E-state index contributed by atoms with van der Waals surface area (Å²) < 4.78 is 13.8. The van der Waals surface area contributed by atoms with Gasteiger partial charge in [0.2, 0.25) is 0 Å². The highest BCUT2D eigenvalue weighted by molar-refractivity contribution is 7.14. The Balaban J connectivity index is 0.00000169. The maximum absolute atomic E-state index is 5.35. The molecule has 2 aromatic carbocycles. The normalized spacial score (nSPS) is 10.4. The number of halogens is 1. The number of nitrogens with one attached hydrogen (secondary N) is 1. The first-order valence-corrected chi connectivity index (χ1v) is 8.53. The van der Waals surface area contributed by atoms with E-state index in [1.165, 1.54) is 11.7 Å². The van der Waals surface area contributed by atoms with E-state index in [0.29, 0.717) is 0 Å². The highest BCUT2D eigenvalue weighted by Gasteiger charge is 2.09. The molecule has 0 saturated carbocycles. The monoisotopic (exact) mass is 376 g/mol. The number of anilines is 2. The van der Waals surface area contributed by atoms with Crippen molar-refractivity contribution in [3.05, 3.63) is 47.8 Å². The molecular weight excluding hydrogens is 364 g/mol. The average molecular weight is 377 g/mol. The second-order valence-electron chi connectivity index (χ2n) is 4.83. The Labute approximate surface area is 153 Å². The van der Waals surface area contributed by atoms with Gasteiger partial charge < -0.3 is 10.1 Å². The van der Waals surface area contributed by atoms with Gasteiger partial charge in [-0.1, -0.05) is 18.2 Å². The second kappa shape index (κ2) is 7.12. The standard InChI is InChI=1S/C16H12N4OS2.ClH/c1-21-15-5-3-2-4-12(15)17-16-18-14(9-22-16)10-6-7-11-13(8-10)20-23-19-11;/h2-9H,1H3,(H,17,18);1H. The predicted octanol–water partition coefficient (Wildman–Crippen LogP) is 4.99. The lowest BCUT2D eigenvalue weighted by atomic mass is 10.1. The summed E-state index contributed by atoms with van der Waals surface area (Å²) in [5.74, 6) is 0.791. The van der Waals surface area contributed by atoms with E-state index in [-0.39, 0.29) is 12.4 Å². The number of aromatic nitrogens is 3. The van der Waals surface area contributed by atoms with Crippen molar-refractivity contribution >= 4 is 57.3 Å². The molecule has 0 aliphatic carbocycles. The summed E-state index contributed by atoms with van der Waals surface area (Å²) in [5, 5.41) is 6.15. The number of hydrogen-bond donors (Lipinski definition) is 1. The Morgan fingerprint density at radius 1 is 1.04 bits per heavy atom. The first kappa shape index (κ1) is 16.6. The van der Waals surface area contributed by atoms with E-state index in [1.54, 1.807) is 18.4 Å². The van der Waals surface area contributed by atoms with Crippen LogP contribution >= 0.6 is 35.5 Å². The van der Waals surface area contributed by atoms with E-state index in [1.807, 2.05) is 47.8 Å². The Kier molecular flexibility index (Phi) is 4.94. The van der Waals surface area contributed by atoms with E-state index in [2.05, 4.69) is 19.0 Å². The van der Waals surface area contributed by atoms with E-state index in [4.69, 9.17) is 4.74 Å². The summed E-state index contributed by atoms with van der Waals surface area (Å²) in [6.45, 7) is 0. The van der Waals surface area contributed by atoms with Crippen molar-refractivity contribution < 1.29 is 4.74 Å². The number of ether oxygens (including phenoxy) is 1. The molecule has 24 heavy (non-hydrogen) atoms. The Hall–Kier alpha value is -2.22. The maximum atomic E-state index is 5.35. The van der Waals surface area contributed by atoms with Crippen LogP contribution in [0.15, 0.2) is 47.8 Å². The fraction of sp³-hybridized carbons (Fsp3) is 0.0625. The third-order valence-corrected chi connectivity index (χ3v) is 4.72. The third-order valence-electron chi connectivity index (χ3n) is 3.40. The molecular formula is C16H13ClN4OS2. The van der Waals surface area contributed by atoms with Gasteiger partial charge >= 0.3 is 0 Å². The zero-order valence-corrected chi connectivity index (χ0v) is 15.0. The number of para-hydroxylation sites is 2. The van der Waals surface area contributed by atoms with Gasteiger partial charge in [-0.15, -0.1) is 23.7 Å². The molecule has 4 rings (SSSR count). The Morgan fingerprint density at radius 2 is 1.88 bits per heavy atom. The van der Waals surface area contributed by atoms with Crippen LogP contribution in [0.3, 0.4) is 0 Å². The van der Waals surface area contributed by atoms with Crippen molar-refractivity contribution in [3.8, 4) is 17.0 Å². The molecule has 2 aromatic heterocycles. The first-order valence-electron chi connectivity index (χ1n) is 6.92. The number of benzene rings is 2. The zero-order valence-electron chi connectivity index (χ0n) is 12.6. The summed E-state index contributed by atoms with van der Waals surface area (Å²) in [7, 11) is 1.66. The van der Waals surface area contributed by atoms with Gasteiger partial charge in [0.1, 0.15) is 16.8 Å². The smallest absolute Gasteiger partial charge is 0.187 e. The van der Waals surface area contributed by atoms with Crippen molar-refractivity contribution in [2.45, 2.75) is 0 Å². The summed E-state index contributed by atoms with van der Waals surface area (Å²) in [4.78, 5) is 4.65. The van der Waals surface area contributed by atoms with Gasteiger partial charge in [0.25, 0.3) is 0 Å². The molecule has 0 saturated heterocycles. The van der Waals surface area contributed by atoms with E-state index < -0.39 is 0 Å². The number of rotatable bonds is 4. The van der Waals surface area contributed by atoms with E-state index >= 15 is 0 Å². The van der Waals surface area contributed by atoms with Crippen molar-refractivity contribution in [2.24, 2.45) is 0 Å².